The Bertz CT molecular complexity index is 1380. The van der Waals surface area contributed by atoms with Crippen molar-refractivity contribution >= 4 is 46.6 Å². The molecule has 2 aromatic carbocycles. The Hall–Kier alpha value is -2.87. The Morgan fingerprint density at radius 1 is 1.05 bits per heavy atom. The van der Waals surface area contributed by atoms with Gasteiger partial charge in [0.1, 0.15) is 11.6 Å². The van der Waals surface area contributed by atoms with Crippen molar-refractivity contribution in [3.8, 4) is 0 Å². The Balaban J connectivity index is 1.30. The van der Waals surface area contributed by atoms with Gasteiger partial charge in [0, 0.05) is 28.3 Å². The van der Waals surface area contributed by atoms with E-state index in [0.717, 1.165) is 24.8 Å². The number of hydrogen-bond donors (Lipinski definition) is 2. The molecule has 8 atom stereocenters. The van der Waals surface area contributed by atoms with E-state index in [0.29, 0.717) is 40.5 Å². The van der Waals surface area contributed by atoms with Crippen LogP contribution in [0, 0.1) is 23.7 Å². The molecular weight excluding hydrogens is 561 g/mol. The zero-order valence-corrected chi connectivity index (χ0v) is 24.7. The van der Waals surface area contributed by atoms with Gasteiger partial charge in [-0.05, 0) is 60.6 Å². The van der Waals surface area contributed by atoms with Crippen LogP contribution in [0.15, 0.2) is 60.7 Å². The Labute approximate surface area is 250 Å². The van der Waals surface area contributed by atoms with Gasteiger partial charge < -0.3 is 20.3 Å². The lowest BCUT2D eigenvalue weighted by Gasteiger charge is -2.38. The SMILES string of the molecule is C[C@@H]1[C@H](C)CCC[C@@H]1NC(=O)[C@@H]1N(CCc2ccc(Cl)cc2)C(=O)[C@@H]2[C@H](C(=O)Nc3cccc(Cl)c3)[C@@H]3C=C[C@]21O3. The molecule has 41 heavy (non-hydrogen) atoms. The van der Waals surface area contributed by atoms with Gasteiger partial charge in [-0.15, -0.1) is 0 Å². The largest absolute Gasteiger partial charge is 0.359 e. The number of rotatable bonds is 7. The third kappa shape index (κ3) is 5.06. The molecule has 4 aliphatic rings. The number of anilines is 1. The van der Waals surface area contributed by atoms with Gasteiger partial charge in [-0.1, -0.05) is 80.2 Å². The molecule has 2 saturated heterocycles. The lowest BCUT2D eigenvalue weighted by Crippen LogP contribution is -2.58. The van der Waals surface area contributed by atoms with E-state index < -0.39 is 29.6 Å². The predicted octanol–water partition coefficient (Wildman–Crippen LogP) is 5.27. The second kappa shape index (κ2) is 11.1. The van der Waals surface area contributed by atoms with E-state index in [4.69, 9.17) is 27.9 Å². The monoisotopic (exact) mass is 595 g/mol. The molecule has 2 bridgehead atoms. The van der Waals surface area contributed by atoms with Crippen LogP contribution in [-0.2, 0) is 25.5 Å². The van der Waals surface area contributed by atoms with E-state index in [1.54, 1.807) is 29.2 Å². The van der Waals surface area contributed by atoms with Gasteiger partial charge in [0.05, 0.1) is 17.9 Å². The second-order valence-electron chi connectivity index (χ2n) is 12.0. The van der Waals surface area contributed by atoms with E-state index in [1.165, 1.54) is 0 Å². The molecule has 3 amide bonds. The molecule has 216 valence electrons. The summed E-state index contributed by atoms with van der Waals surface area (Å²) < 4.78 is 6.48. The normalized spacial score (nSPS) is 33.6. The maximum absolute atomic E-state index is 14.2. The fourth-order valence-electron chi connectivity index (χ4n) is 7.25. The minimum atomic E-state index is -1.20. The molecule has 3 heterocycles. The zero-order valence-electron chi connectivity index (χ0n) is 23.2. The Kier molecular flexibility index (Phi) is 7.64. The third-order valence-electron chi connectivity index (χ3n) is 9.61. The summed E-state index contributed by atoms with van der Waals surface area (Å²) in [5.74, 6) is -1.52. The first-order valence-electron chi connectivity index (χ1n) is 14.5. The topological polar surface area (TPSA) is 87.7 Å². The van der Waals surface area contributed by atoms with Crippen LogP contribution < -0.4 is 10.6 Å². The average molecular weight is 597 g/mol. The van der Waals surface area contributed by atoms with Crippen molar-refractivity contribution in [1.82, 2.24) is 10.2 Å². The number of halogens is 2. The molecule has 1 aliphatic carbocycles. The Morgan fingerprint density at radius 2 is 1.83 bits per heavy atom. The summed E-state index contributed by atoms with van der Waals surface area (Å²) in [6, 6.07) is 13.5. The molecule has 3 fully saturated rings. The fraction of sp³-hybridized carbons (Fsp3) is 0.469. The standard InChI is InChI=1S/C32H35Cl2N3O4/c1-18-5-3-8-24(19(18)2)36-30(39)28-32-15-13-25(41-32)26(29(38)35-23-7-4-6-22(34)17-23)27(32)31(40)37(28)16-14-20-9-11-21(33)12-10-20/h4,6-7,9-13,15,17-19,24-28H,3,5,8,14,16H2,1-2H3,(H,35,38)(H,36,39)/t18-,19-,24+,25+,26-,27+,28+,32+/m1/s1. The van der Waals surface area contributed by atoms with Crippen molar-refractivity contribution in [2.75, 3.05) is 11.9 Å². The minimum absolute atomic E-state index is 0.0272. The number of nitrogens with one attached hydrogen (secondary N) is 2. The molecule has 1 saturated carbocycles. The van der Waals surface area contributed by atoms with Gasteiger partial charge in [-0.2, -0.15) is 0 Å². The number of hydrogen-bond acceptors (Lipinski definition) is 4. The van der Waals surface area contributed by atoms with E-state index >= 15 is 0 Å². The number of nitrogens with zero attached hydrogens (tertiary/aromatic N) is 1. The highest BCUT2D eigenvalue weighted by Crippen LogP contribution is 2.55. The molecule has 9 heteroatoms. The van der Waals surface area contributed by atoms with Crippen LogP contribution in [-0.4, -0.2) is 53.0 Å². The highest BCUT2D eigenvalue weighted by atomic mass is 35.5. The van der Waals surface area contributed by atoms with Crippen LogP contribution in [0.25, 0.3) is 0 Å². The lowest BCUT2D eigenvalue weighted by molar-refractivity contribution is -0.141. The summed E-state index contributed by atoms with van der Waals surface area (Å²) in [5, 5.41) is 7.35. The van der Waals surface area contributed by atoms with Crippen LogP contribution >= 0.6 is 23.2 Å². The fourth-order valence-corrected chi connectivity index (χ4v) is 7.56. The second-order valence-corrected chi connectivity index (χ2v) is 12.9. The minimum Gasteiger partial charge on any atom is -0.359 e. The number of likely N-dealkylation sites (tertiary alicyclic amines) is 1. The van der Waals surface area contributed by atoms with Gasteiger partial charge in [-0.3, -0.25) is 14.4 Å². The van der Waals surface area contributed by atoms with Crippen LogP contribution in [0.3, 0.4) is 0 Å². The van der Waals surface area contributed by atoms with Crippen molar-refractivity contribution in [2.45, 2.75) is 63.3 Å². The molecule has 2 N–H and O–H groups in total. The Morgan fingerprint density at radius 3 is 2.59 bits per heavy atom. The number of ether oxygens (including phenoxy) is 1. The number of carbonyl (C=O) groups excluding carboxylic acids is 3. The average Bonchev–Trinajstić information content (AvgIpc) is 3.58. The number of amides is 3. The van der Waals surface area contributed by atoms with Crippen molar-refractivity contribution in [2.24, 2.45) is 23.7 Å². The van der Waals surface area contributed by atoms with Gasteiger partial charge in [0.15, 0.2) is 0 Å². The molecule has 2 aromatic rings. The smallest absolute Gasteiger partial charge is 0.246 e. The van der Waals surface area contributed by atoms with Crippen LogP contribution in [0.2, 0.25) is 10.0 Å². The highest BCUT2D eigenvalue weighted by molar-refractivity contribution is 6.31. The van der Waals surface area contributed by atoms with Gasteiger partial charge in [0.2, 0.25) is 17.7 Å². The summed E-state index contributed by atoms with van der Waals surface area (Å²) in [5.41, 5.74) is 0.343. The highest BCUT2D eigenvalue weighted by Gasteiger charge is 2.72. The lowest BCUT2D eigenvalue weighted by atomic mass is 9.73. The predicted molar refractivity (Wildman–Crippen MR) is 159 cm³/mol. The van der Waals surface area contributed by atoms with E-state index in [9.17, 15) is 14.4 Å². The maximum Gasteiger partial charge on any atom is 0.246 e. The molecule has 3 aliphatic heterocycles. The van der Waals surface area contributed by atoms with Gasteiger partial charge >= 0.3 is 0 Å². The molecule has 0 radical (unpaired) electrons. The molecular formula is C32H35Cl2N3O4. The van der Waals surface area contributed by atoms with Crippen LogP contribution in [0.1, 0.15) is 38.7 Å². The molecule has 7 nitrogen and oxygen atoms in total. The zero-order chi connectivity index (χ0) is 28.9. The number of benzene rings is 2. The molecule has 1 spiro atoms. The van der Waals surface area contributed by atoms with Crippen molar-refractivity contribution < 1.29 is 19.1 Å². The van der Waals surface area contributed by atoms with E-state index in [-0.39, 0.29) is 23.8 Å². The van der Waals surface area contributed by atoms with Crippen molar-refractivity contribution in [3.63, 3.8) is 0 Å². The van der Waals surface area contributed by atoms with E-state index in [2.05, 4.69) is 24.5 Å². The summed E-state index contributed by atoms with van der Waals surface area (Å²) in [6.07, 6.45) is 6.74. The van der Waals surface area contributed by atoms with Crippen LogP contribution in [0.4, 0.5) is 5.69 Å². The molecule has 0 unspecified atom stereocenters. The summed E-state index contributed by atoms with van der Waals surface area (Å²) >= 11 is 12.2. The summed E-state index contributed by atoms with van der Waals surface area (Å²) in [4.78, 5) is 43.6. The molecule has 0 aromatic heterocycles. The van der Waals surface area contributed by atoms with Crippen LogP contribution in [0.5, 0.6) is 0 Å². The first-order chi connectivity index (χ1) is 19.7. The first kappa shape index (κ1) is 28.3. The van der Waals surface area contributed by atoms with Crippen molar-refractivity contribution in [1.29, 1.82) is 0 Å². The maximum atomic E-state index is 14.2. The van der Waals surface area contributed by atoms with Gasteiger partial charge in [0.25, 0.3) is 0 Å². The quantitative estimate of drug-likeness (QED) is 0.427. The van der Waals surface area contributed by atoms with E-state index in [1.807, 2.05) is 36.4 Å². The third-order valence-corrected chi connectivity index (χ3v) is 10.1. The summed E-state index contributed by atoms with van der Waals surface area (Å²) in [6.45, 7) is 4.72. The molecule has 6 rings (SSSR count). The summed E-state index contributed by atoms with van der Waals surface area (Å²) in [7, 11) is 0. The van der Waals surface area contributed by atoms with Gasteiger partial charge in [-0.25, -0.2) is 0 Å². The van der Waals surface area contributed by atoms with Crippen molar-refractivity contribution in [3.05, 3.63) is 76.3 Å². The number of fused-ring (bicyclic) bond motifs is 1. The number of carbonyl (C=O) groups is 3. The first-order valence-corrected chi connectivity index (χ1v) is 15.2.